The van der Waals surface area contributed by atoms with Crippen LogP contribution in [0.2, 0.25) is 0 Å². The summed E-state index contributed by atoms with van der Waals surface area (Å²) in [5, 5.41) is 7.97. The number of aryl methyl sites for hydroxylation is 1. The second-order valence-electron chi connectivity index (χ2n) is 8.73. The number of sulfonamides is 1. The number of aromatic nitrogens is 3. The van der Waals surface area contributed by atoms with Gasteiger partial charge in [-0.2, -0.15) is 9.40 Å². The van der Waals surface area contributed by atoms with Gasteiger partial charge in [0.1, 0.15) is 10.6 Å². The number of carbonyl (C=O) groups excluding carboxylic acids is 1. The van der Waals surface area contributed by atoms with E-state index < -0.39 is 10.0 Å². The van der Waals surface area contributed by atoms with Crippen LogP contribution >= 0.6 is 0 Å². The van der Waals surface area contributed by atoms with Crippen LogP contribution in [0.1, 0.15) is 62.1 Å². The molecule has 2 aromatic heterocycles. The van der Waals surface area contributed by atoms with Gasteiger partial charge in [-0.15, -0.1) is 0 Å². The average Bonchev–Trinajstić information content (AvgIpc) is 3.23. The Balaban J connectivity index is 1.66. The number of piperidine rings is 1. The first-order valence-electron chi connectivity index (χ1n) is 11.7. The van der Waals surface area contributed by atoms with Crippen LogP contribution in [0.15, 0.2) is 35.4 Å². The van der Waals surface area contributed by atoms with E-state index in [0.29, 0.717) is 36.6 Å². The number of rotatable bonds is 7. The predicted molar refractivity (Wildman–Crippen MR) is 131 cm³/mol. The average molecular weight is 486 g/mol. The van der Waals surface area contributed by atoms with Crippen LogP contribution in [0.25, 0.3) is 11.0 Å². The van der Waals surface area contributed by atoms with Gasteiger partial charge in [-0.3, -0.25) is 4.79 Å². The molecule has 0 spiro atoms. The van der Waals surface area contributed by atoms with Gasteiger partial charge in [-0.25, -0.2) is 18.1 Å². The summed E-state index contributed by atoms with van der Waals surface area (Å²) in [6.45, 7) is 8.93. The molecule has 0 bridgehead atoms. The van der Waals surface area contributed by atoms with Crippen molar-refractivity contribution in [1.29, 1.82) is 0 Å². The van der Waals surface area contributed by atoms with Gasteiger partial charge < -0.3 is 10.1 Å². The molecular weight excluding hydrogens is 454 g/mol. The maximum atomic E-state index is 13.4. The predicted octanol–water partition coefficient (Wildman–Crippen LogP) is 4.15. The van der Waals surface area contributed by atoms with E-state index in [1.54, 1.807) is 38.2 Å². The fraction of sp³-hybridized carbons (Fsp3) is 0.458. The molecule has 3 heterocycles. The summed E-state index contributed by atoms with van der Waals surface area (Å²) < 4.78 is 35.6. The highest BCUT2D eigenvalue weighted by Crippen LogP contribution is 2.32. The Hall–Kier alpha value is -2.98. The first kappa shape index (κ1) is 24.2. The third-order valence-corrected chi connectivity index (χ3v) is 7.85. The summed E-state index contributed by atoms with van der Waals surface area (Å²) in [5.74, 6) is -0.0823. The largest absolute Gasteiger partial charge is 0.492 e. The molecule has 10 heteroatoms. The minimum Gasteiger partial charge on any atom is -0.492 e. The summed E-state index contributed by atoms with van der Waals surface area (Å²) in [5.41, 5.74) is 2.08. The number of pyridine rings is 1. The Labute approximate surface area is 200 Å². The molecule has 1 fully saturated rings. The third kappa shape index (κ3) is 4.65. The Morgan fingerprint density at radius 1 is 1.18 bits per heavy atom. The zero-order valence-corrected chi connectivity index (χ0v) is 20.9. The summed E-state index contributed by atoms with van der Waals surface area (Å²) in [6, 6.07) is 6.63. The molecule has 3 aromatic rings. The molecule has 1 amide bonds. The number of fused-ring (bicyclic) bond motifs is 1. The normalized spacial score (nSPS) is 15.1. The van der Waals surface area contributed by atoms with Gasteiger partial charge in [0.25, 0.3) is 5.91 Å². The number of ether oxygens (including phenoxy) is 1. The number of benzene rings is 1. The van der Waals surface area contributed by atoms with Gasteiger partial charge in [-0.05, 0) is 64.8 Å². The van der Waals surface area contributed by atoms with Crippen molar-refractivity contribution in [3.8, 4) is 5.75 Å². The SMILES string of the molecule is CCOc1ccc(NC(=O)c2cc3cnn(C(C)C)c3nc2C)cc1S(=O)(=O)N1CCCCC1. The minimum atomic E-state index is -3.75. The minimum absolute atomic E-state index is 0.0672. The first-order chi connectivity index (χ1) is 16.2. The van der Waals surface area contributed by atoms with Gasteiger partial charge >= 0.3 is 0 Å². The molecule has 0 aliphatic carbocycles. The molecule has 4 rings (SSSR count). The highest BCUT2D eigenvalue weighted by Gasteiger charge is 2.29. The zero-order chi connectivity index (χ0) is 24.5. The van der Waals surface area contributed by atoms with Crippen molar-refractivity contribution >= 4 is 32.7 Å². The second-order valence-corrected chi connectivity index (χ2v) is 10.6. The Kier molecular flexibility index (Phi) is 6.90. The van der Waals surface area contributed by atoms with Crippen LogP contribution in [-0.2, 0) is 10.0 Å². The molecule has 1 N–H and O–H groups in total. The van der Waals surface area contributed by atoms with Crippen molar-refractivity contribution in [1.82, 2.24) is 19.1 Å². The molecule has 9 nitrogen and oxygen atoms in total. The van der Waals surface area contributed by atoms with E-state index >= 15 is 0 Å². The lowest BCUT2D eigenvalue weighted by Crippen LogP contribution is -2.35. The topological polar surface area (TPSA) is 106 Å². The van der Waals surface area contributed by atoms with E-state index in [1.165, 1.54) is 10.4 Å². The quantitative estimate of drug-likeness (QED) is 0.539. The van der Waals surface area contributed by atoms with Crippen molar-refractivity contribution < 1.29 is 17.9 Å². The van der Waals surface area contributed by atoms with Gasteiger partial charge in [0.05, 0.1) is 24.1 Å². The Morgan fingerprint density at radius 3 is 2.59 bits per heavy atom. The van der Waals surface area contributed by atoms with Gasteiger partial charge in [0.2, 0.25) is 10.0 Å². The lowest BCUT2D eigenvalue weighted by Gasteiger charge is -2.27. The Morgan fingerprint density at radius 2 is 1.91 bits per heavy atom. The standard InChI is InChI=1S/C24H31N5O4S/c1-5-33-21-10-9-19(14-22(21)34(31,32)28-11-7-6-8-12-28)27-24(30)20-13-18-15-25-29(16(2)3)23(18)26-17(20)4/h9-10,13-16H,5-8,11-12H2,1-4H3,(H,27,30). The molecular formula is C24H31N5O4S. The Bertz CT molecular complexity index is 1310. The van der Waals surface area contributed by atoms with E-state index in [4.69, 9.17) is 4.74 Å². The number of amides is 1. The lowest BCUT2D eigenvalue weighted by atomic mass is 10.1. The summed E-state index contributed by atoms with van der Waals surface area (Å²) in [4.78, 5) is 17.8. The van der Waals surface area contributed by atoms with Crippen molar-refractivity contribution in [2.45, 2.75) is 57.9 Å². The number of anilines is 1. The summed E-state index contributed by atoms with van der Waals surface area (Å²) in [6.07, 6.45) is 4.39. The van der Waals surface area contributed by atoms with Crippen LogP contribution in [-0.4, -0.2) is 53.1 Å². The van der Waals surface area contributed by atoms with Crippen molar-refractivity contribution in [3.63, 3.8) is 0 Å². The molecule has 1 saturated heterocycles. The van der Waals surface area contributed by atoms with Gasteiger partial charge in [0, 0.05) is 30.2 Å². The highest BCUT2D eigenvalue weighted by molar-refractivity contribution is 7.89. The molecule has 0 radical (unpaired) electrons. The summed E-state index contributed by atoms with van der Waals surface area (Å²) in [7, 11) is -3.75. The van der Waals surface area contributed by atoms with E-state index in [-0.39, 0.29) is 22.6 Å². The van der Waals surface area contributed by atoms with E-state index in [9.17, 15) is 13.2 Å². The second kappa shape index (κ2) is 9.71. The molecule has 0 saturated carbocycles. The fourth-order valence-electron chi connectivity index (χ4n) is 4.18. The molecule has 1 aliphatic rings. The fourth-order valence-corrected chi connectivity index (χ4v) is 5.85. The number of nitrogens with zero attached hydrogens (tertiary/aromatic N) is 4. The van der Waals surface area contributed by atoms with E-state index in [1.807, 2.05) is 18.5 Å². The van der Waals surface area contributed by atoms with Crippen molar-refractivity contribution in [2.75, 3.05) is 25.0 Å². The number of nitrogens with one attached hydrogen (secondary N) is 1. The van der Waals surface area contributed by atoms with Gasteiger partial charge in [-0.1, -0.05) is 6.42 Å². The van der Waals surface area contributed by atoms with E-state index in [0.717, 1.165) is 30.3 Å². The number of hydrogen-bond acceptors (Lipinski definition) is 6. The van der Waals surface area contributed by atoms with Crippen molar-refractivity contribution in [2.24, 2.45) is 0 Å². The monoisotopic (exact) mass is 485 g/mol. The molecule has 1 aromatic carbocycles. The van der Waals surface area contributed by atoms with Crippen LogP contribution in [0.4, 0.5) is 5.69 Å². The highest BCUT2D eigenvalue weighted by atomic mass is 32.2. The lowest BCUT2D eigenvalue weighted by molar-refractivity contribution is 0.102. The third-order valence-electron chi connectivity index (χ3n) is 5.93. The van der Waals surface area contributed by atoms with Gasteiger partial charge in [0.15, 0.2) is 5.65 Å². The number of carbonyl (C=O) groups is 1. The first-order valence-corrected chi connectivity index (χ1v) is 13.1. The van der Waals surface area contributed by atoms with Crippen LogP contribution in [0.3, 0.4) is 0 Å². The number of hydrogen-bond donors (Lipinski definition) is 1. The maximum Gasteiger partial charge on any atom is 0.257 e. The van der Waals surface area contributed by atoms with Crippen LogP contribution in [0, 0.1) is 6.92 Å². The molecule has 0 unspecified atom stereocenters. The maximum absolute atomic E-state index is 13.4. The van der Waals surface area contributed by atoms with Crippen LogP contribution in [0.5, 0.6) is 5.75 Å². The van der Waals surface area contributed by atoms with Crippen molar-refractivity contribution in [3.05, 3.63) is 41.7 Å². The zero-order valence-electron chi connectivity index (χ0n) is 20.0. The van der Waals surface area contributed by atoms with Crippen LogP contribution < -0.4 is 10.1 Å². The molecule has 1 aliphatic heterocycles. The molecule has 182 valence electrons. The molecule has 34 heavy (non-hydrogen) atoms. The molecule has 0 atom stereocenters. The summed E-state index contributed by atoms with van der Waals surface area (Å²) >= 11 is 0. The smallest absolute Gasteiger partial charge is 0.257 e. The van der Waals surface area contributed by atoms with E-state index in [2.05, 4.69) is 15.4 Å².